The minimum Gasteiger partial charge on any atom is -0.464 e. The molecule has 0 spiro atoms. The third-order valence-electron chi connectivity index (χ3n) is 19.0. The van der Waals surface area contributed by atoms with E-state index in [2.05, 4.69) is 56.9 Å². The average Bonchev–Trinajstić information content (AvgIpc) is 1.62. The standard InChI is InChI=1S/C48H59Cl4N5O4S.C39H47Cl2N5O6/c1-6-7-8-9-10-11-12-13-14-15-16-21-43(58)54-35-23-24-36(50)40(29-35)55-46-45(47(59)57(56-46)44-37(51)27-34(49)28-38(44)52)62-42-20-18-17-19-39(42)53-30-60-48(31(2)3)61-41-25-22-32(4)26-33(41)5;1-4-6-7-8-9-10-11-12-13-16-23-51-38(49)26(3)52-39(50)28-20-22-30(41)33(25-28)43-37(48)35(46-34-18-15-14-17-31(34)44-45-46)36(47)42-32-24-27(5-2)19-21-29(32)40/h17-20,22-29,31,45,48,53H,6-16,21,30H2,1-5H3,(H,54,58)(H,55,56);14-15,17-22,24-26,35H,4-13,16,23H2,1-3H3,(H,42,47)(H,43,48). The number of carbonyl (C=O) groups is 6. The number of nitrogens with one attached hydrogen (secondary N) is 5. The Kier molecular flexibility index (Phi) is 38.3. The van der Waals surface area contributed by atoms with Crippen LogP contribution in [0.5, 0.6) is 5.75 Å². The van der Waals surface area contributed by atoms with E-state index in [9.17, 15) is 28.8 Å². The molecule has 1 fully saturated rings. The molecular weight excluding hydrogens is 1590 g/mol. The maximum absolute atomic E-state index is 14.4. The molecule has 2 heterocycles. The summed E-state index contributed by atoms with van der Waals surface area (Å²) in [5.41, 5.74) is 9.42. The number of ether oxygens (including phenoxy) is 4. The van der Waals surface area contributed by atoms with Gasteiger partial charge >= 0.3 is 11.9 Å². The van der Waals surface area contributed by atoms with E-state index >= 15 is 0 Å². The molecule has 9 rings (SSSR count). The highest BCUT2D eigenvalue weighted by atomic mass is 35.5. The zero-order valence-corrected chi connectivity index (χ0v) is 71.6. The lowest BCUT2D eigenvalue weighted by molar-refractivity contribution is -0.153. The van der Waals surface area contributed by atoms with Crippen LogP contribution in [0.1, 0.15) is 216 Å². The van der Waals surface area contributed by atoms with E-state index in [1.807, 2.05) is 77.1 Å². The number of esters is 2. The van der Waals surface area contributed by atoms with Gasteiger partial charge in [-0.05, 0) is 142 Å². The van der Waals surface area contributed by atoms with Crippen LogP contribution in [0.3, 0.4) is 0 Å². The van der Waals surface area contributed by atoms with Crippen molar-refractivity contribution in [2.75, 3.05) is 39.6 Å². The average molecular weight is 1700 g/mol. The number of aliphatic imine (C=N–C) groups is 1. The van der Waals surface area contributed by atoms with Crippen LogP contribution in [-0.2, 0) is 44.6 Å². The van der Waals surface area contributed by atoms with E-state index in [0.717, 1.165) is 71.5 Å². The van der Waals surface area contributed by atoms with Crippen molar-refractivity contribution in [1.29, 1.82) is 0 Å². The van der Waals surface area contributed by atoms with E-state index in [4.69, 9.17) is 93.5 Å². The smallest absolute Gasteiger partial charge is 0.347 e. The molecule has 0 radical (unpaired) electrons. The second-order valence-corrected chi connectivity index (χ2v) is 32.3. The molecule has 27 heteroatoms. The molecule has 0 aliphatic carbocycles. The summed E-state index contributed by atoms with van der Waals surface area (Å²) in [7, 11) is 0. The lowest BCUT2D eigenvalue weighted by Crippen LogP contribution is -2.37. The molecule has 4 atom stereocenters. The van der Waals surface area contributed by atoms with Crippen molar-refractivity contribution in [3.05, 3.63) is 186 Å². The van der Waals surface area contributed by atoms with Crippen molar-refractivity contribution < 1.29 is 47.7 Å². The Hall–Kier alpha value is -8.12. The van der Waals surface area contributed by atoms with Crippen LogP contribution >= 0.6 is 81.4 Å². The van der Waals surface area contributed by atoms with Gasteiger partial charge in [0.15, 0.2) is 6.10 Å². The number of nitrogens with zero attached hydrogens (tertiary/aromatic N) is 5. The van der Waals surface area contributed by atoms with Crippen molar-refractivity contribution in [2.45, 2.75) is 232 Å². The Morgan fingerprint density at radius 2 is 1.19 bits per heavy atom. The van der Waals surface area contributed by atoms with E-state index in [-0.39, 0.29) is 68.9 Å². The number of benzene rings is 7. The normalized spacial score (nSPS) is 13.7. The SMILES string of the molecule is CCCCCCCCCCCCCC(=O)Nc1ccc(Cl)c(N=C2NN(c3c(Cl)cc(Cl)cc3Cl)C(=O)C2Sc2ccccc2NCOC(Oc2ccc(C)cc2C)C(C)C)c1.CCCCCCCCCCCCOC(=O)C(C)OC(=O)c1ccc(Cl)c(NC(=O)C(C(=O)Nc2cc(CC)ccc2Cl)n2nnc3ccccc32)c1. The van der Waals surface area contributed by atoms with Gasteiger partial charge in [-0.1, -0.05) is 279 Å². The van der Waals surface area contributed by atoms with E-state index < -0.39 is 47.4 Å². The lowest BCUT2D eigenvalue weighted by Gasteiger charge is -2.24. The first kappa shape index (κ1) is 91.4. The highest BCUT2D eigenvalue weighted by Crippen LogP contribution is 2.42. The van der Waals surface area contributed by atoms with Crippen molar-refractivity contribution >= 4 is 168 Å². The molecule has 8 aromatic rings. The van der Waals surface area contributed by atoms with Gasteiger partial charge in [-0.15, -0.1) is 16.9 Å². The molecule has 20 nitrogen and oxygen atoms in total. The number of carbonyl (C=O) groups excluding carboxylic acids is 6. The molecule has 0 saturated carbocycles. The zero-order valence-electron chi connectivity index (χ0n) is 66.3. The monoisotopic (exact) mass is 1690 g/mol. The summed E-state index contributed by atoms with van der Waals surface area (Å²) < 4.78 is 24.4. The number of hydrogen-bond acceptors (Lipinski definition) is 15. The Labute approximate surface area is 704 Å². The molecule has 4 unspecified atom stereocenters. The first-order valence-electron chi connectivity index (χ1n) is 39.6. The highest BCUT2D eigenvalue weighted by molar-refractivity contribution is 8.01. The van der Waals surface area contributed by atoms with Gasteiger partial charge < -0.3 is 40.2 Å². The molecule has 0 bridgehead atoms. The van der Waals surface area contributed by atoms with Crippen LogP contribution in [-0.4, -0.2) is 87.4 Å². The Bertz CT molecular complexity index is 4520. The predicted molar refractivity (Wildman–Crippen MR) is 465 cm³/mol. The molecule has 1 aliphatic heterocycles. The fourth-order valence-electron chi connectivity index (χ4n) is 12.6. The number of hydrazine groups is 1. The summed E-state index contributed by atoms with van der Waals surface area (Å²) in [4.78, 5) is 86.3. The summed E-state index contributed by atoms with van der Waals surface area (Å²) in [5, 5.41) is 21.8. The molecular formula is C87H106Cl6N10O10S. The maximum Gasteiger partial charge on any atom is 0.347 e. The quantitative estimate of drug-likeness (QED) is 0.0103. The number of para-hydroxylation sites is 2. The zero-order chi connectivity index (χ0) is 82.1. The summed E-state index contributed by atoms with van der Waals surface area (Å²) in [6.45, 7) is 16.4. The molecule has 1 aromatic heterocycles. The topological polar surface area (TPSA) is 246 Å². The number of amidine groups is 1. The minimum atomic E-state index is -1.56. The fraction of sp³-hybridized carbons (Fsp3) is 0.437. The molecule has 4 amide bonds. The van der Waals surface area contributed by atoms with Gasteiger partial charge in [0.1, 0.15) is 34.8 Å². The van der Waals surface area contributed by atoms with Gasteiger partial charge in [0.05, 0.1) is 59.9 Å². The van der Waals surface area contributed by atoms with E-state index in [1.165, 1.54) is 155 Å². The number of amides is 4. The van der Waals surface area contributed by atoms with Crippen molar-refractivity contribution in [1.82, 2.24) is 20.4 Å². The Morgan fingerprint density at radius 1 is 0.605 bits per heavy atom. The highest BCUT2D eigenvalue weighted by Gasteiger charge is 2.42. The molecule has 612 valence electrons. The van der Waals surface area contributed by atoms with Crippen LogP contribution < -0.4 is 36.4 Å². The third kappa shape index (κ3) is 28.4. The lowest BCUT2D eigenvalue weighted by atomic mass is 10.1. The van der Waals surface area contributed by atoms with E-state index in [1.54, 1.807) is 54.6 Å². The molecule has 114 heavy (non-hydrogen) atoms. The second-order valence-electron chi connectivity index (χ2n) is 28.6. The van der Waals surface area contributed by atoms with Gasteiger partial charge in [-0.2, -0.15) is 0 Å². The first-order chi connectivity index (χ1) is 55.0. The summed E-state index contributed by atoms with van der Waals surface area (Å²) >= 11 is 40.3. The van der Waals surface area contributed by atoms with Gasteiger partial charge in [0.2, 0.25) is 18.2 Å². The van der Waals surface area contributed by atoms with Crippen LogP contribution in [0.2, 0.25) is 30.1 Å². The molecule has 1 aliphatic rings. The number of halogens is 6. The largest absolute Gasteiger partial charge is 0.464 e. The first-order valence-corrected chi connectivity index (χ1v) is 42.8. The van der Waals surface area contributed by atoms with Gasteiger partial charge in [-0.3, -0.25) is 24.6 Å². The fourth-order valence-corrected chi connectivity index (χ4v) is 15.2. The summed E-state index contributed by atoms with van der Waals surface area (Å²) in [5.74, 6) is -2.36. The van der Waals surface area contributed by atoms with Crippen LogP contribution in [0.15, 0.2) is 143 Å². The molecule has 1 saturated heterocycles. The molecule has 7 aromatic carbocycles. The minimum absolute atomic E-state index is 0.0180. The number of unbranched alkanes of at least 4 members (excludes halogenated alkanes) is 19. The maximum atomic E-state index is 14.4. The second kappa shape index (κ2) is 47.8. The Balaban J connectivity index is 0.000000290. The van der Waals surface area contributed by atoms with Gasteiger partial charge in [0, 0.05) is 33.6 Å². The predicted octanol–water partition coefficient (Wildman–Crippen LogP) is 23.9. The third-order valence-corrected chi connectivity index (χ3v) is 22.0. The van der Waals surface area contributed by atoms with Gasteiger partial charge in [-0.25, -0.2) is 24.3 Å². The number of fused-ring (bicyclic) bond motifs is 1. The number of aryl methyl sites for hydroxylation is 3. The number of rotatable bonds is 44. The number of anilines is 5. The Morgan fingerprint density at radius 3 is 1.82 bits per heavy atom. The summed E-state index contributed by atoms with van der Waals surface area (Å²) in [6, 6.07) is 36.5. The van der Waals surface area contributed by atoms with Crippen molar-refractivity contribution in [2.24, 2.45) is 10.9 Å². The molecule has 5 N–H and O–H groups in total. The van der Waals surface area contributed by atoms with Crippen molar-refractivity contribution in [3.8, 4) is 5.75 Å². The van der Waals surface area contributed by atoms with E-state index in [0.29, 0.717) is 56.0 Å². The van der Waals surface area contributed by atoms with Crippen LogP contribution in [0.25, 0.3) is 11.0 Å². The van der Waals surface area contributed by atoms with Crippen molar-refractivity contribution in [3.63, 3.8) is 0 Å². The van der Waals surface area contributed by atoms with Crippen LogP contribution in [0.4, 0.5) is 34.1 Å². The number of hydrogen-bond donors (Lipinski definition) is 5. The summed E-state index contributed by atoms with van der Waals surface area (Å²) in [6.07, 6.45) is 24.4. The number of thioether (sulfide) groups is 1. The van der Waals surface area contributed by atoms with Crippen LogP contribution in [0, 0.1) is 19.8 Å². The van der Waals surface area contributed by atoms with Gasteiger partial charge in [0.25, 0.3) is 17.7 Å². The number of aromatic nitrogens is 3.